The Bertz CT molecular complexity index is 603. The van der Waals surface area contributed by atoms with Crippen LogP contribution < -0.4 is 5.32 Å². The molecular weight excluding hydrogens is 218 g/mol. The van der Waals surface area contributed by atoms with E-state index in [1.807, 2.05) is 6.07 Å². The molecule has 1 aromatic heterocycles. The van der Waals surface area contributed by atoms with Gasteiger partial charge in [0.15, 0.2) is 0 Å². The van der Waals surface area contributed by atoms with Crippen molar-refractivity contribution in [2.75, 3.05) is 0 Å². The molecule has 0 aliphatic carbocycles. The molecule has 2 aromatic rings. The summed E-state index contributed by atoms with van der Waals surface area (Å²) < 4.78 is 0. The van der Waals surface area contributed by atoms with E-state index in [-0.39, 0.29) is 10.6 Å². The predicted octanol–water partition coefficient (Wildman–Crippen LogP) is 2.11. The molecule has 5 nitrogen and oxygen atoms in total. The summed E-state index contributed by atoms with van der Waals surface area (Å²) in [5.41, 5.74) is 3.10. The fourth-order valence-corrected chi connectivity index (χ4v) is 2.49. The van der Waals surface area contributed by atoms with Gasteiger partial charge in [0.05, 0.1) is 4.92 Å². The number of hydrogen-bond acceptors (Lipinski definition) is 3. The normalized spacial score (nSPS) is 19.2. The Kier molecular flexibility index (Phi) is 2.16. The van der Waals surface area contributed by atoms with E-state index in [0.717, 1.165) is 24.0 Å². The maximum absolute atomic E-state index is 11.0. The molecule has 0 radical (unpaired) electrons. The summed E-state index contributed by atoms with van der Waals surface area (Å²) in [5, 5.41) is 15.3. The first-order chi connectivity index (χ1) is 8.16. The molecule has 2 heterocycles. The lowest BCUT2D eigenvalue weighted by Gasteiger charge is -2.19. The number of nitro benzene ring substituents is 1. The van der Waals surface area contributed by atoms with E-state index in [0.29, 0.717) is 11.6 Å². The number of aromatic amines is 1. The Morgan fingerprint density at radius 2 is 2.29 bits per heavy atom. The van der Waals surface area contributed by atoms with Gasteiger partial charge in [-0.05, 0) is 12.5 Å². The Labute approximate surface area is 98.0 Å². The Morgan fingerprint density at radius 1 is 1.47 bits per heavy atom. The first kappa shape index (κ1) is 10.3. The van der Waals surface area contributed by atoms with Crippen LogP contribution in [0.1, 0.15) is 18.2 Å². The van der Waals surface area contributed by atoms with Gasteiger partial charge in [0, 0.05) is 36.2 Å². The summed E-state index contributed by atoms with van der Waals surface area (Å²) >= 11 is 0. The van der Waals surface area contributed by atoms with E-state index < -0.39 is 0 Å². The molecule has 1 aliphatic heterocycles. The number of rotatable bonds is 1. The monoisotopic (exact) mass is 231 g/mol. The van der Waals surface area contributed by atoms with Crippen LogP contribution in [0.25, 0.3) is 10.9 Å². The molecule has 1 unspecified atom stereocenters. The van der Waals surface area contributed by atoms with Gasteiger partial charge in [0.25, 0.3) is 5.69 Å². The molecule has 17 heavy (non-hydrogen) atoms. The van der Waals surface area contributed by atoms with Crippen molar-refractivity contribution < 1.29 is 4.92 Å². The van der Waals surface area contributed by atoms with E-state index in [4.69, 9.17) is 0 Å². The smallest absolute Gasteiger partial charge is 0.293 e. The molecule has 1 atom stereocenters. The van der Waals surface area contributed by atoms with Gasteiger partial charge in [-0.15, -0.1) is 0 Å². The lowest BCUT2D eigenvalue weighted by molar-refractivity contribution is -0.383. The van der Waals surface area contributed by atoms with Crippen LogP contribution in [0.2, 0.25) is 0 Å². The third-order valence-corrected chi connectivity index (χ3v) is 3.34. The second-order valence-electron chi connectivity index (χ2n) is 4.52. The fraction of sp³-hybridized carbons (Fsp3) is 0.333. The number of benzene rings is 1. The first-order valence-electron chi connectivity index (χ1n) is 5.67. The summed E-state index contributed by atoms with van der Waals surface area (Å²) in [4.78, 5) is 13.8. The molecular formula is C12H13N3O2. The minimum atomic E-state index is -0.332. The maximum Gasteiger partial charge on any atom is 0.293 e. The van der Waals surface area contributed by atoms with E-state index in [1.165, 1.54) is 5.56 Å². The van der Waals surface area contributed by atoms with Crippen molar-refractivity contribution >= 4 is 16.6 Å². The van der Waals surface area contributed by atoms with Gasteiger partial charge in [-0.25, -0.2) is 0 Å². The number of fused-ring (bicyclic) bond motifs is 3. The fourth-order valence-electron chi connectivity index (χ4n) is 2.49. The number of nitrogens with one attached hydrogen (secondary N) is 2. The van der Waals surface area contributed by atoms with Gasteiger partial charge in [0.2, 0.25) is 0 Å². The Hall–Kier alpha value is -1.88. The minimum absolute atomic E-state index is 0.157. The van der Waals surface area contributed by atoms with Crippen molar-refractivity contribution in [3.63, 3.8) is 0 Å². The SMILES string of the molecule is CC1Cc2[nH]c3c([N+](=O)[O-])cccc3c2CN1. The van der Waals surface area contributed by atoms with Crippen molar-refractivity contribution in [3.8, 4) is 0 Å². The molecule has 0 amide bonds. The number of H-pyrrole nitrogens is 1. The van der Waals surface area contributed by atoms with Crippen LogP contribution in [0.5, 0.6) is 0 Å². The first-order valence-corrected chi connectivity index (χ1v) is 5.67. The number of nitro groups is 1. The lowest BCUT2D eigenvalue weighted by atomic mass is 10.0. The Morgan fingerprint density at radius 3 is 3.06 bits per heavy atom. The van der Waals surface area contributed by atoms with Gasteiger partial charge in [-0.3, -0.25) is 10.1 Å². The quantitative estimate of drug-likeness (QED) is 0.583. The second kappa shape index (κ2) is 3.56. The summed E-state index contributed by atoms with van der Waals surface area (Å²) in [5.74, 6) is 0. The van der Waals surface area contributed by atoms with Crippen LogP contribution in [0.3, 0.4) is 0 Å². The summed E-state index contributed by atoms with van der Waals surface area (Å²) in [7, 11) is 0. The number of non-ortho nitro benzene ring substituents is 1. The van der Waals surface area contributed by atoms with Gasteiger partial charge in [-0.1, -0.05) is 12.1 Å². The van der Waals surface area contributed by atoms with Crippen molar-refractivity contribution in [3.05, 3.63) is 39.6 Å². The summed E-state index contributed by atoms with van der Waals surface area (Å²) in [6, 6.07) is 5.64. The van der Waals surface area contributed by atoms with Gasteiger partial charge >= 0.3 is 0 Å². The predicted molar refractivity (Wildman–Crippen MR) is 65.0 cm³/mol. The van der Waals surface area contributed by atoms with Crippen LogP contribution in [0, 0.1) is 10.1 Å². The molecule has 0 bridgehead atoms. The van der Waals surface area contributed by atoms with E-state index in [9.17, 15) is 10.1 Å². The molecule has 3 rings (SSSR count). The summed E-state index contributed by atoms with van der Waals surface area (Å²) in [6.07, 6.45) is 0.890. The van der Waals surface area contributed by atoms with Crippen LogP contribution >= 0.6 is 0 Å². The zero-order valence-corrected chi connectivity index (χ0v) is 9.49. The highest BCUT2D eigenvalue weighted by atomic mass is 16.6. The van der Waals surface area contributed by atoms with Gasteiger partial charge in [-0.2, -0.15) is 0 Å². The summed E-state index contributed by atoms with van der Waals surface area (Å²) in [6.45, 7) is 2.89. The van der Waals surface area contributed by atoms with Crippen molar-refractivity contribution in [1.29, 1.82) is 0 Å². The third kappa shape index (κ3) is 1.51. The molecule has 0 saturated carbocycles. The molecule has 0 fully saturated rings. The minimum Gasteiger partial charge on any atom is -0.352 e. The third-order valence-electron chi connectivity index (χ3n) is 3.34. The van der Waals surface area contributed by atoms with Gasteiger partial charge in [0.1, 0.15) is 5.52 Å². The highest BCUT2D eigenvalue weighted by Gasteiger charge is 2.22. The molecule has 2 N–H and O–H groups in total. The van der Waals surface area contributed by atoms with Crippen LogP contribution in [0.15, 0.2) is 18.2 Å². The maximum atomic E-state index is 11.0. The number of aromatic nitrogens is 1. The zero-order valence-electron chi connectivity index (χ0n) is 9.49. The van der Waals surface area contributed by atoms with E-state index in [1.54, 1.807) is 12.1 Å². The van der Waals surface area contributed by atoms with Crippen LogP contribution in [0.4, 0.5) is 5.69 Å². The van der Waals surface area contributed by atoms with Crippen molar-refractivity contribution in [2.24, 2.45) is 0 Å². The number of nitrogens with zero attached hydrogens (tertiary/aromatic N) is 1. The topological polar surface area (TPSA) is 71.0 Å². The highest BCUT2D eigenvalue weighted by Crippen LogP contribution is 2.31. The van der Waals surface area contributed by atoms with Crippen LogP contribution in [-0.2, 0) is 13.0 Å². The van der Waals surface area contributed by atoms with Gasteiger partial charge < -0.3 is 10.3 Å². The molecule has 0 spiro atoms. The molecule has 88 valence electrons. The lowest BCUT2D eigenvalue weighted by Crippen LogP contribution is -2.32. The number of hydrogen-bond donors (Lipinski definition) is 2. The highest BCUT2D eigenvalue weighted by molar-refractivity contribution is 5.91. The molecule has 1 aromatic carbocycles. The molecule has 0 saturated heterocycles. The van der Waals surface area contributed by atoms with Crippen LogP contribution in [-0.4, -0.2) is 15.9 Å². The molecule has 5 heteroatoms. The standard InChI is InChI=1S/C12H13N3O2/c1-7-5-10-9(6-13-7)8-3-2-4-11(15(16)17)12(8)14-10/h2-4,7,13-14H,5-6H2,1H3. The average Bonchev–Trinajstić information content (AvgIpc) is 2.65. The zero-order chi connectivity index (χ0) is 12.0. The van der Waals surface area contributed by atoms with E-state index in [2.05, 4.69) is 17.2 Å². The average molecular weight is 231 g/mol. The number of para-hydroxylation sites is 1. The van der Waals surface area contributed by atoms with E-state index >= 15 is 0 Å². The van der Waals surface area contributed by atoms with Crippen molar-refractivity contribution in [2.45, 2.75) is 25.9 Å². The Balaban J connectivity index is 2.27. The van der Waals surface area contributed by atoms with Crippen molar-refractivity contribution in [1.82, 2.24) is 10.3 Å². The second-order valence-corrected chi connectivity index (χ2v) is 4.52. The largest absolute Gasteiger partial charge is 0.352 e. The molecule has 1 aliphatic rings.